The summed E-state index contributed by atoms with van der Waals surface area (Å²) in [5.41, 5.74) is 0.392. The van der Waals surface area contributed by atoms with Gasteiger partial charge in [0.15, 0.2) is 0 Å². The maximum atomic E-state index is 11.1. The Morgan fingerprint density at radius 1 is 1.06 bits per heavy atom. The highest BCUT2D eigenvalue weighted by molar-refractivity contribution is 5.55. The summed E-state index contributed by atoms with van der Waals surface area (Å²) in [4.78, 5) is 24.1. The number of hydrogen-bond acceptors (Lipinski definition) is 4. The molecule has 0 aliphatic rings. The maximum Gasteiger partial charge on any atom is 0.249 e. The summed E-state index contributed by atoms with van der Waals surface area (Å²) in [7, 11) is 4.07. The van der Waals surface area contributed by atoms with Crippen molar-refractivity contribution in [1.82, 2.24) is 4.90 Å². The van der Waals surface area contributed by atoms with Crippen LogP contribution in [-0.4, -0.2) is 32.1 Å². The second-order valence-corrected chi connectivity index (χ2v) is 4.10. The highest BCUT2D eigenvalue weighted by Crippen LogP contribution is 2.05. The molecule has 0 fully saturated rings. The summed E-state index contributed by atoms with van der Waals surface area (Å²) in [6.07, 6.45) is 2.10. The molecule has 0 aliphatic heterocycles. The minimum atomic E-state index is -0.361. The van der Waals surface area contributed by atoms with Crippen molar-refractivity contribution in [2.24, 2.45) is 0 Å². The molecule has 0 bridgehead atoms. The lowest BCUT2D eigenvalue weighted by molar-refractivity contribution is 0.396. The van der Waals surface area contributed by atoms with Crippen molar-refractivity contribution >= 4 is 5.69 Å². The number of nitrogens with one attached hydrogen (secondary N) is 1. The summed E-state index contributed by atoms with van der Waals surface area (Å²) in [6.45, 7) is 7.50. The molecule has 1 rings (SSSR count). The minimum absolute atomic E-state index is 0.342. The van der Waals surface area contributed by atoms with Crippen LogP contribution in [0.15, 0.2) is 9.59 Å². The van der Waals surface area contributed by atoms with Gasteiger partial charge in [0.2, 0.25) is 10.9 Å². The molecule has 1 aromatic carbocycles. The first-order chi connectivity index (χ1) is 8.04. The van der Waals surface area contributed by atoms with Crippen molar-refractivity contribution in [2.75, 3.05) is 32.5 Å². The average Bonchev–Trinajstić information content (AvgIpc) is 2.34. The quantitative estimate of drug-likeness (QED) is 0.603. The third-order valence-corrected chi connectivity index (χ3v) is 2.48. The summed E-state index contributed by atoms with van der Waals surface area (Å²) < 4.78 is 0. The van der Waals surface area contributed by atoms with E-state index in [-0.39, 0.29) is 10.9 Å². The van der Waals surface area contributed by atoms with E-state index in [0.717, 1.165) is 25.9 Å². The molecule has 0 atom stereocenters. The molecule has 1 aromatic rings. The Balaban J connectivity index is 0.00000121. The minimum Gasteiger partial charge on any atom is -0.381 e. The van der Waals surface area contributed by atoms with Gasteiger partial charge in [-0.3, -0.25) is 9.59 Å². The van der Waals surface area contributed by atoms with Crippen molar-refractivity contribution in [2.45, 2.75) is 33.6 Å². The van der Waals surface area contributed by atoms with Gasteiger partial charge in [0.05, 0.1) is 5.69 Å². The first-order valence-corrected chi connectivity index (χ1v) is 6.22. The average molecular weight is 240 g/mol. The molecule has 17 heavy (non-hydrogen) atoms. The molecule has 4 nitrogen and oxygen atoms in total. The van der Waals surface area contributed by atoms with E-state index >= 15 is 0 Å². The second-order valence-electron chi connectivity index (χ2n) is 4.10. The monoisotopic (exact) mass is 240 g/mol. The highest BCUT2D eigenvalue weighted by atomic mass is 16.2. The molecular weight excluding hydrogens is 216 g/mol. The van der Waals surface area contributed by atoms with Crippen molar-refractivity contribution < 1.29 is 0 Å². The van der Waals surface area contributed by atoms with E-state index in [0.29, 0.717) is 11.3 Å². The lowest BCUT2D eigenvalue weighted by atomic mass is 10.1. The maximum absolute atomic E-state index is 11.1. The third kappa shape index (κ3) is 4.69. The van der Waals surface area contributed by atoms with Crippen LogP contribution in [0.3, 0.4) is 0 Å². The van der Waals surface area contributed by atoms with Crippen LogP contribution in [0.4, 0.5) is 5.69 Å². The summed E-state index contributed by atoms with van der Waals surface area (Å²) >= 11 is 0. The Hall–Kier alpha value is -1.16. The Labute approximate surface area is 103 Å². The first-order valence-electron chi connectivity index (χ1n) is 6.22. The van der Waals surface area contributed by atoms with E-state index < -0.39 is 0 Å². The third-order valence-electron chi connectivity index (χ3n) is 2.48. The number of anilines is 1. The number of rotatable bonds is 6. The van der Waals surface area contributed by atoms with Gasteiger partial charge in [0.25, 0.3) is 0 Å². The molecule has 0 saturated carbocycles. The Morgan fingerprint density at radius 3 is 2.12 bits per heavy atom. The molecule has 0 aromatic heterocycles. The number of unbranched alkanes of at least 4 members (excludes halogenated alkanes) is 1. The predicted molar refractivity (Wildman–Crippen MR) is 73.7 cm³/mol. The van der Waals surface area contributed by atoms with Crippen molar-refractivity contribution in [3.8, 4) is 0 Å². The summed E-state index contributed by atoms with van der Waals surface area (Å²) in [5.74, 6) is 0. The van der Waals surface area contributed by atoms with Gasteiger partial charge in [0.1, 0.15) is 0 Å². The largest absolute Gasteiger partial charge is 0.381 e. The van der Waals surface area contributed by atoms with Gasteiger partial charge in [0, 0.05) is 12.1 Å². The fourth-order valence-electron chi connectivity index (χ4n) is 1.48. The van der Waals surface area contributed by atoms with E-state index in [1.807, 2.05) is 27.9 Å². The van der Waals surface area contributed by atoms with E-state index in [2.05, 4.69) is 10.2 Å². The molecule has 0 aliphatic carbocycles. The van der Waals surface area contributed by atoms with Crippen molar-refractivity contribution in [3.05, 3.63) is 26.0 Å². The Bertz CT molecular complexity index is 390. The van der Waals surface area contributed by atoms with E-state index in [1.165, 1.54) is 0 Å². The van der Waals surface area contributed by atoms with Gasteiger partial charge in [-0.2, -0.15) is 0 Å². The van der Waals surface area contributed by atoms with Gasteiger partial charge in [-0.15, -0.1) is 0 Å². The molecule has 0 unspecified atom stereocenters. The smallest absolute Gasteiger partial charge is 0.249 e. The second kappa shape index (κ2) is 8.01. The Kier molecular flexibility index (Phi) is 7.46. The normalized spacial score (nSPS) is 10.2. The Morgan fingerprint density at radius 2 is 1.65 bits per heavy atom. The van der Waals surface area contributed by atoms with Crippen LogP contribution in [0.1, 0.15) is 32.3 Å². The van der Waals surface area contributed by atoms with Crippen LogP contribution in [0.5, 0.6) is 0 Å². The van der Waals surface area contributed by atoms with E-state index in [4.69, 9.17) is 0 Å². The van der Waals surface area contributed by atoms with Gasteiger partial charge < -0.3 is 10.2 Å². The molecule has 4 heteroatoms. The molecule has 0 radical (unpaired) electrons. The van der Waals surface area contributed by atoms with Gasteiger partial charge >= 0.3 is 0 Å². The zero-order chi connectivity index (χ0) is 13.4. The fraction of sp³-hybridized carbons (Fsp3) is 0.692. The van der Waals surface area contributed by atoms with Crippen molar-refractivity contribution in [1.29, 1.82) is 0 Å². The summed E-state index contributed by atoms with van der Waals surface area (Å²) in [6, 6.07) is 0. The van der Waals surface area contributed by atoms with Crippen molar-refractivity contribution in [3.63, 3.8) is 0 Å². The van der Waals surface area contributed by atoms with Crippen LogP contribution < -0.4 is 16.2 Å². The fourth-order valence-corrected chi connectivity index (χ4v) is 1.48. The van der Waals surface area contributed by atoms with E-state index in [1.54, 1.807) is 6.92 Å². The molecule has 0 spiro atoms. The van der Waals surface area contributed by atoms with Crippen LogP contribution in [-0.2, 0) is 0 Å². The standard InChI is InChI=1S/C11H18N2O2.C2H6/c1-8-9(11(15)10(8)14)12-6-4-5-7-13(2)3;1-2/h12H,4-7H2,1-3H3;1-2H3. The van der Waals surface area contributed by atoms with Crippen LogP contribution >= 0.6 is 0 Å². The zero-order valence-corrected chi connectivity index (χ0v) is 11.6. The number of nitrogens with zero attached hydrogens (tertiary/aromatic N) is 1. The highest BCUT2D eigenvalue weighted by Gasteiger charge is 2.15. The lowest BCUT2D eigenvalue weighted by Crippen LogP contribution is -2.37. The predicted octanol–water partition coefficient (Wildman–Crippen LogP) is 1.37. The van der Waals surface area contributed by atoms with E-state index in [9.17, 15) is 9.59 Å². The van der Waals surface area contributed by atoms with Gasteiger partial charge in [-0.25, -0.2) is 0 Å². The van der Waals surface area contributed by atoms with Crippen LogP contribution in [0, 0.1) is 6.92 Å². The first kappa shape index (κ1) is 15.8. The molecular formula is C13H24N2O2. The number of hydrogen-bond donors (Lipinski definition) is 1. The molecule has 0 amide bonds. The topological polar surface area (TPSA) is 49.4 Å². The molecule has 0 heterocycles. The molecule has 1 N–H and O–H groups in total. The molecule has 0 saturated heterocycles. The van der Waals surface area contributed by atoms with Gasteiger partial charge in [-0.05, 0) is 40.4 Å². The van der Waals surface area contributed by atoms with Crippen LogP contribution in [0.2, 0.25) is 0 Å². The molecule has 98 valence electrons. The lowest BCUT2D eigenvalue weighted by Gasteiger charge is -2.11. The van der Waals surface area contributed by atoms with Crippen LogP contribution in [0.25, 0.3) is 0 Å². The zero-order valence-electron chi connectivity index (χ0n) is 11.6. The SMILES string of the molecule is CC.Cc1c(NCCCCN(C)C)c(=O)c1=O. The summed E-state index contributed by atoms with van der Waals surface area (Å²) in [5, 5.41) is 3.01. The van der Waals surface area contributed by atoms with Gasteiger partial charge in [-0.1, -0.05) is 13.8 Å².